The van der Waals surface area contributed by atoms with Crippen molar-refractivity contribution >= 4 is 47.2 Å². The van der Waals surface area contributed by atoms with Crippen molar-refractivity contribution in [2.24, 2.45) is 4.99 Å². The molecule has 25 heavy (non-hydrogen) atoms. The van der Waals surface area contributed by atoms with Crippen molar-refractivity contribution in [1.82, 2.24) is 15.5 Å². The minimum absolute atomic E-state index is 0. The number of carbonyl (C=O) groups is 1. The molecule has 2 rings (SSSR count). The molecule has 1 fully saturated rings. The highest BCUT2D eigenvalue weighted by atomic mass is 127. The van der Waals surface area contributed by atoms with Gasteiger partial charge in [0.2, 0.25) is 5.91 Å². The van der Waals surface area contributed by atoms with Crippen LogP contribution in [0, 0.1) is 6.92 Å². The lowest BCUT2D eigenvalue weighted by atomic mass is 10.2. The Morgan fingerprint density at radius 2 is 2.24 bits per heavy atom. The number of amides is 1. The lowest BCUT2D eigenvalue weighted by Gasteiger charge is -2.18. The van der Waals surface area contributed by atoms with Gasteiger partial charge in [0.15, 0.2) is 5.96 Å². The van der Waals surface area contributed by atoms with E-state index in [-0.39, 0.29) is 24.0 Å². The lowest BCUT2D eigenvalue weighted by Crippen LogP contribution is -2.43. The van der Waals surface area contributed by atoms with E-state index in [1.807, 2.05) is 16.2 Å². The normalized spacial score (nSPS) is 15.9. The molecule has 0 aromatic carbocycles. The number of nitrogens with one attached hydrogen (secondary N) is 2. The van der Waals surface area contributed by atoms with Crippen LogP contribution in [-0.4, -0.2) is 49.0 Å². The molecule has 1 aliphatic rings. The first-order valence-electron chi connectivity index (χ1n) is 8.96. The molecule has 2 N–H and O–H groups in total. The maximum atomic E-state index is 11.6. The van der Waals surface area contributed by atoms with Crippen molar-refractivity contribution in [2.75, 3.05) is 26.2 Å². The minimum atomic E-state index is 0. The van der Waals surface area contributed by atoms with Crippen molar-refractivity contribution < 1.29 is 4.79 Å². The van der Waals surface area contributed by atoms with Crippen LogP contribution >= 0.6 is 35.3 Å². The maximum absolute atomic E-state index is 11.6. The summed E-state index contributed by atoms with van der Waals surface area (Å²) in [6, 6.07) is 4.71. The smallest absolute Gasteiger partial charge is 0.222 e. The SMILES string of the molecule is CCNC(=NCCCN1CCCC1=O)NC(C)Cc1ccc(C)s1.I. The maximum Gasteiger partial charge on any atom is 0.222 e. The van der Waals surface area contributed by atoms with E-state index in [2.05, 4.69) is 48.5 Å². The van der Waals surface area contributed by atoms with Crippen molar-refractivity contribution in [2.45, 2.75) is 52.5 Å². The molecule has 1 aliphatic heterocycles. The molecule has 0 spiro atoms. The molecule has 1 aromatic heterocycles. The summed E-state index contributed by atoms with van der Waals surface area (Å²) >= 11 is 1.85. The lowest BCUT2D eigenvalue weighted by molar-refractivity contribution is -0.127. The van der Waals surface area contributed by atoms with Crippen molar-refractivity contribution in [3.8, 4) is 0 Å². The fraction of sp³-hybridized carbons (Fsp3) is 0.667. The van der Waals surface area contributed by atoms with E-state index in [0.717, 1.165) is 51.4 Å². The van der Waals surface area contributed by atoms with Gasteiger partial charge >= 0.3 is 0 Å². The third-order valence-corrected chi connectivity index (χ3v) is 5.08. The molecule has 5 nitrogen and oxygen atoms in total. The van der Waals surface area contributed by atoms with Gasteiger partial charge in [0, 0.05) is 54.8 Å². The number of rotatable bonds is 8. The highest BCUT2D eigenvalue weighted by Crippen LogP contribution is 2.16. The summed E-state index contributed by atoms with van der Waals surface area (Å²) in [6.07, 6.45) is 3.64. The topological polar surface area (TPSA) is 56.7 Å². The number of thiophene rings is 1. The van der Waals surface area contributed by atoms with Gasteiger partial charge in [-0.05, 0) is 45.7 Å². The number of carbonyl (C=O) groups excluding carboxylic acids is 1. The number of halogens is 1. The largest absolute Gasteiger partial charge is 0.357 e. The molecule has 7 heteroatoms. The predicted octanol–water partition coefficient (Wildman–Crippen LogP) is 3.17. The van der Waals surface area contributed by atoms with Gasteiger partial charge in [-0.1, -0.05) is 0 Å². The van der Waals surface area contributed by atoms with Crippen molar-refractivity contribution in [3.05, 3.63) is 21.9 Å². The molecule has 1 unspecified atom stereocenters. The molecule has 2 heterocycles. The first kappa shape index (κ1) is 22.2. The van der Waals surface area contributed by atoms with Crippen LogP contribution in [-0.2, 0) is 11.2 Å². The summed E-state index contributed by atoms with van der Waals surface area (Å²) in [4.78, 5) is 20.9. The standard InChI is InChI=1S/C18H30N4OS.HI/c1-4-19-18(20-10-6-12-22-11-5-7-17(22)23)21-14(2)13-16-9-8-15(3)24-16;/h8-9,14H,4-7,10-13H2,1-3H3,(H2,19,20,21);1H. The predicted molar refractivity (Wildman–Crippen MR) is 117 cm³/mol. The van der Waals surface area contributed by atoms with Crippen LogP contribution in [0.2, 0.25) is 0 Å². The van der Waals surface area contributed by atoms with Crippen LogP contribution in [0.15, 0.2) is 17.1 Å². The number of hydrogen-bond donors (Lipinski definition) is 2. The van der Waals surface area contributed by atoms with Crippen molar-refractivity contribution in [3.63, 3.8) is 0 Å². The van der Waals surface area contributed by atoms with Gasteiger partial charge in [-0.15, -0.1) is 35.3 Å². The second-order valence-corrected chi connectivity index (χ2v) is 7.73. The van der Waals surface area contributed by atoms with Gasteiger partial charge in [-0.25, -0.2) is 0 Å². The number of aryl methyl sites for hydroxylation is 1. The summed E-state index contributed by atoms with van der Waals surface area (Å²) in [6.45, 7) is 9.73. The zero-order chi connectivity index (χ0) is 17.4. The molecule has 0 bridgehead atoms. The third kappa shape index (κ3) is 7.94. The van der Waals surface area contributed by atoms with Crippen LogP contribution in [0.4, 0.5) is 0 Å². The van der Waals surface area contributed by atoms with Crippen LogP contribution in [0.5, 0.6) is 0 Å². The van der Waals surface area contributed by atoms with Gasteiger partial charge < -0.3 is 15.5 Å². The first-order chi connectivity index (χ1) is 11.6. The highest BCUT2D eigenvalue weighted by molar-refractivity contribution is 14.0. The van der Waals surface area contributed by atoms with Gasteiger partial charge in [0.25, 0.3) is 0 Å². The molecule has 0 saturated carbocycles. The number of guanidine groups is 1. The molecule has 0 radical (unpaired) electrons. The molecular weight excluding hydrogens is 447 g/mol. The van der Waals surface area contributed by atoms with Crippen LogP contribution in [0.25, 0.3) is 0 Å². The quantitative estimate of drug-likeness (QED) is 0.261. The average Bonchev–Trinajstić information content (AvgIpc) is 3.12. The van der Waals surface area contributed by atoms with Gasteiger partial charge in [-0.3, -0.25) is 9.79 Å². The zero-order valence-electron chi connectivity index (χ0n) is 15.5. The fourth-order valence-corrected chi connectivity index (χ4v) is 3.91. The highest BCUT2D eigenvalue weighted by Gasteiger charge is 2.18. The molecule has 0 aliphatic carbocycles. The second-order valence-electron chi connectivity index (χ2n) is 6.36. The Balaban J connectivity index is 0.00000312. The Hall–Kier alpha value is -0.830. The van der Waals surface area contributed by atoms with Crippen molar-refractivity contribution in [1.29, 1.82) is 0 Å². The van der Waals surface area contributed by atoms with Gasteiger partial charge in [-0.2, -0.15) is 0 Å². The Kier molecular flexibility index (Phi) is 10.4. The number of aliphatic imine (C=N–C) groups is 1. The van der Waals surface area contributed by atoms with E-state index < -0.39 is 0 Å². The monoisotopic (exact) mass is 478 g/mol. The van der Waals surface area contributed by atoms with Gasteiger partial charge in [0.05, 0.1) is 0 Å². The first-order valence-corrected chi connectivity index (χ1v) is 9.78. The molecule has 1 amide bonds. The zero-order valence-corrected chi connectivity index (χ0v) is 18.7. The van der Waals surface area contributed by atoms with E-state index >= 15 is 0 Å². The van der Waals surface area contributed by atoms with E-state index in [1.165, 1.54) is 9.75 Å². The molecule has 1 atom stereocenters. The Morgan fingerprint density at radius 3 is 2.84 bits per heavy atom. The van der Waals surface area contributed by atoms with Crippen LogP contribution in [0.1, 0.15) is 42.9 Å². The fourth-order valence-electron chi connectivity index (χ4n) is 2.89. The van der Waals surface area contributed by atoms with E-state index in [4.69, 9.17) is 0 Å². The molecule has 142 valence electrons. The third-order valence-electron chi connectivity index (χ3n) is 4.06. The average molecular weight is 478 g/mol. The van der Waals surface area contributed by atoms with Crippen LogP contribution in [0.3, 0.4) is 0 Å². The molecule has 1 aromatic rings. The number of hydrogen-bond acceptors (Lipinski definition) is 3. The Labute approximate surface area is 172 Å². The molecule has 1 saturated heterocycles. The Bertz CT molecular complexity index is 561. The van der Waals surface area contributed by atoms with E-state index in [1.54, 1.807) is 0 Å². The van der Waals surface area contributed by atoms with E-state index in [0.29, 0.717) is 18.4 Å². The molecular formula is C18H31IN4OS. The summed E-state index contributed by atoms with van der Waals surface area (Å²) in [5.74, 6) is 1.16. The summed E-state index contributed by atoms with van der Waals surface area (Å²) in [5.41, 5.74) is 0. The summed E-state index contributed by atoms with van der Waals surface area (Å²) in [5, 5.41) is 6.78. The number of likely N-dealkylation sites (tertiary alicyclic amines) is 1. The summed E-state index contributed by atoms with van der Waals surface area (Å²) in [7, 11) is 0. The number of nitrogens with zero attached hydrogens (tertiary/aromatic N) is 2. The van der Waals surface area contributed by atoms with Crippen LogP contribution < -0.4 is 10.6 Å². The minimum Gasteiger partial charge on any atom is -0.357 e. The Morgan fingerprint density at radius 1 is 1.44 bits per heavy atom. The summed E-state index contributed by atoms with van der Waals surface area (Å²) < 4.78 is 0. The second kappa shape index (κ2) is 11.7. The van der Waals surface area contributed by atoms with E-state index in [9.17, 15) is 4.79 Å². The van der Waals surface area contributed by atoms with Gasteiger partial charge in [0.1, 0.15) is 0 Å².